The topological polar surface area (TPSA) is 42.1 Å². The van der Waals surface area contributed by atoms with Gasteiger partial charge in [0.05, 0.1) is 6.20 Å². The van der Waals surface area contributed by atoms with Crippen molar-refractivity contribution in [2.24, 2.45) is 5.73 Å². The minimum absolute atomic E-state index is 0.260. The second-order valence-electron chi connectivity index (χ2n) is 5.06. The van der Waals surface area contributed by atoms with Crippen LogP contribution >= 0.6 is 0 Å². The van der Waals surface area contributed by atoms with E-state index >= 15 is 0 Å². The molecule has 1 fully saturated rings. The number of hydrogen-bond donors (Lipinski definition) is 1. The first kappa shape index (κ1) is 13.4. The first-order valence-corrected chi connectivity index (χ1v) is 6.83. The lowest BCUT2D eigenvalue weighted by molar-refractivity contribution is 0.152. The average molecular weight is 251 g/mol. The van der Waals surface area contributed by atoms with E-state index in [9.17, 15) is 4.39 Å². The van der Waals surface area contributed by atoms with Crippen LogP contribution in [0.15, 0.2) is 18.5 Å². The largest absolute Gasteiger partial charge is 0.329 e. The third-order valence-electron chi connectivity index (χ3n) is 3.65. The van der Waals surface area contributed by atoms with Crippen molar-refractivity contribution in [3.05, 3.63) is 29.8 Å². The molecular formula is C14H22FN3. The molecule has 0 amide bonds. The van der Waals surface area contributed by atoms with Gasteiger partial charge >= 0.3 is 0 Å². The van der Waals surface area contributed by atoms with E-state index in [4.69, 9.17) is 5.73 Å². The molecule has 1 aromatic heterocycles. The van der Waals surface area contributed by atoms with Gasteiger partial charge in [-0.1, -0.05) is 19.3 Å². The molecule has 2 rings (SSSR count). The van der Waals surface area contributed by atoms with Crippen LogP contribution in [0.3, 0.4) is 0 Å². The van der Waals surface area contributed by atoms with E-state index < -0.39 is 0 Å². The van der Waals surface area contributed by atoms with Gasteiger partial charge in [-0.3, -0.25) is 9.88 Å². The normalized spacial score (nSPS) is 17.3. The zero-order valence-electron chi connectivity index (χ0n) is 10.8. The summed E-state index contributed by atoms with van der Waals surface area (Å²) >= 11 is 0. The molecule has 0 saturated heterocycles. The highest BCUT2D eigenvalue weighted by atomic mass is 19.1. The fourth-order valence-corrected chi connectivity index (χ4v) is 2.78. The third kappa shape index (κ3) is 3.75. The molecule has 18 heavy (non-hydrogen) atoms. The lowest BCUT2D eigenvalue weighted by atomic mass is 9.94. The molecule has 1 saturated carbocycles. The van der Waals surface area contributed by atoms with Gasteiger partial charge in [-0.15, -0.1) is 0 Å². The van der Waals surface area contributed by atoms with E-state index in [-0.39, 0.29) is 5.82 Å². The Balaban J connectivity index is 2.00. The fourth-order valence-electron chi connectivity index (χ4n) is 2.78. The highest BCUT2D eigenvalue weighted by molar-refractivity contribution is 5.10. The molecule has 0 bridgehead atoms. The molecule has 0 spiro atoms. The average Bonchev–Trinajstić information content (AvgIpc) is 2.39. The summed E-state index contributed by atoms with van der Waals surface area (Å²) in [7, 11) is 0. The van der Waals surface area contributed by atoms with E-state index in [1.165, 1.54) is 38.3 Å². The van der Waals surface area contributed by atoms with E-state index in [1.807, 2.05) is 0 Å². The van der Waals surface area contributed by atoms with Crippen molar-refractivity contribution in [3.8, 4) is 0 Å². The van der Waals surface area contributed by atoms with Gasteiger partial charge in [0.15, 0.2) is 0 Å². The van der Waals surface area contributed by atoms with Gasteiger partial charge in [0.1, 0.15) is 5.82 Å². The van der Waals surface area contributed by atoms with Crippen LogP contribution in [0.5, 0.6) is 0 Å². The van der Waals surface area contributed by atoms with Crippen LogP contribution in [0.25, 0.3) is 0 Å². The van der Waals surface area contributed by atoms with Crippen LogP contribution in [-0.2, 0) is 6.54 Å². The number of halogens is 1. The number of pyridine rings is 1. The smallest absolute Gasteiger partial charge is 0.141 e. The Morgan fingerprint density at radius 1 is 1.28 bits per heavy atom. The third-order valence-corrected chi connectivity index (χ3v) is 3.65. The van der Waals surface area contributed by atoms with Gasteiger partial charge in [-0.2, -0.15) is 0 Å². The highest BCUT2D eigenvalue weighted by Gasteiger charge is 2.20. The van der Waals surface area contributed by atoms with E-state index in [0.717, 1.165) is 18.7 Å². The SMILES string of the molecule is NCCN(Cc1cncc(F)c1)C1CCCCC1. The van der Waals surface area contributed by atoms with Crippen molar-refractivity contribution in [2.45, 2.75) is 44.7 Å². The molecule has 1 aliphatic carbocycles. The summed E-state index contributed by atoms with van der Waals surface area (Å²) in [5, 5.41) is 0. The molecule has 3 nitrogen and oxygen atoms in total. The van der Waals surface area contributed by atoms with Crippen molar-refractivity contribution in [2.75, 3.05) is 13.1 Å². The first-order valence-electron chi connectivity index (χ1n) is 6.83. The number of nitrogens with zero attached hydrogens (tertiary/aromatic N) is 2. The number of rotatable bonds is 5. The van der Waals surface area contributed by atoms with Crippen LogP contribution in [0, 0.1) is 5.82 Å². The Morgan fingerprint density at radius 3 is 2.72 bits per heavy atom. The van der Waals surface area contributed by atoms with Crippen molar-refractivity contribution in [1.82, 2.24) is 9.88 Å². The maximum Gasteiger partial charge on any atom is 0.141 e. The standard InChI is InChI=1S/C14H22FN3/c15-13-8-12(9-17-10-13)11-18(7-6-16)14-4-2-1-3-5-14/h8-10,14H,1-7,11,16H2. The summed E-state index contributed by atoms with van der Waals surface area (Å²) in [6, 6.07) is 2.17. The van der Waals surface area contributed by atoms with Gasteiger partial charge < -0.3 is 5.73 Å². The molecule has 100 valence electrons. The monoisotopic (exact) mass is 251 g/mol. The molecule has 1 aliphatic rings. The van der Waals surface area contributed by atoms with Crippen LogP contribution in [-0.4, -0.2) is 29.0 Å². The van der Waals surface area contributed by atoms with Crippen molar-refractivity contribution >= 4 is 0 Å². The van der Waals surface area contributed by atoms with Crippen LogP contribution < -0.4 is 5.73 Å². The molecule has 0 radical (unpaired) electrons. The summed E-state index contributed by atoms with van der Waals surface area (Å²) in [5.41, 5.74) is 6.63. The van der Waals surface area contributed by atoms with Gasteiger partial charge in [0.25, 0.3) is 0 Å². The molecule has 0 aliphatic heterocycles. The second kappa shape index (κ2) is 6.81. The van der Waals surface area contributed by atoms with Crippen LogP contribution in [0.4, 0.5) is 4.39 Å². The molecule has 1 aromatic rings. The Labute approximate surface area is 108 Å². The minimum atomic E-state index is -0.260. The van der Waals surface area contributed by atoms with E-state index in [2.05, 4.69) is 9.88 Å². The molecule has 1 heterocycles. The summed E-state index contributed by atoms with van der Waals surface area (Å²) < 4.78 is 13.1. The molecule has 0 unspecified atom stereocenters. The molecule has 0 aromatic carbocycles. The van der Waals surface area contributed by atoms with E-state index in [0.29, 0.717) is 12.6 Å². The predicted molar refractivity (Wildman–Crippen MR) is 70.5 cm³/mol. The zero-order chi connectivity index (χ0) is 12.8. The van der Waals surface area contributed by atoms with Gasteiger partial charge in [-0.25, -0.2) is 4.39 Å². The molecule has 4 heteroatoms. The second-order valence-corrected chi connectivity index (χ2v) is 5.06. The maximum atomic E-state index is 13.1. The zero-order valence-corrected chi connectivity index (χ0v) is 10.8. The Bertz CT molecular complexity index is 364. The summed E-state index contributed by atoms with van der Waals surface area (Å²) in [4.78, 5) is 6.29. The van der Waals surface area contributed by atoms with Crippen molar-refractivity contribution in [3.63, 3.8) is 0 Å². The minimum Gasteiger partial charge on any atom is -0.329 e. The number of nitrogens with two attached hydrogens (primary N) is 1. The first-order chi connectivity index (χ1) is 8.79. The lowest BCUT2D eigenvalue weighted by Gasteiger charge is -2.34. The summed E-state index contributed by atoms with van der Waals surface area (Å²) in [5.74, 6) is -0.260. The Hall–Kier alpha value is -1.00. The molecular weight excluding hydrogens is 229 g/mol. The molecule has 0 atom stereocenters. The van der Waals surface area contributed by atoms with Crippen LogP contribution in [0.1, 0.15) is 37.7 Å². The van der Waals surface area contributed by atoms with Gasteiger partial charge in [0, 0.05) is 31.9 Å². The maximum absolute atomic E-state index is 13.1. The fraction of sp³-hybridized carbons (Fsp3) is 0.643. The lowest BCUT2D eigenvalue weighted by Crippen LogP contribution is -2.39. The summed E-state index contributed by atoms with van der Waals surface area (Å²) in [6.45, 7) is 2.28. The Morgan fingerprint density at radius 2 is 2.06 bits per heavy atom. The van der Waals surface area contributed by atoms with Crippen LogP contribution in [0.2, 0.25) is 0 Å². The number of hydrogen-bond acceptors (Lipinski definition) is 3. The Kier molecular flexibility index (Phi) is 5.08. The van der Waals surface area contributed by atoms with Gasteiger partial charge in [0.2, 0.25) is 0 Å². The van der Waals surface area contributed by atoms with Crippen molar-refractivity contribution < 1.29 is 4.39 Å². The predicted octanol–water partition coefficient (Wildman–Crippen LogP) is 2.31. The summed E-state index contributed by atoms with van der Waals surface area (Å²) in [6.07, 6.45) is 9.41. The quantitative estimate of drug-likeness (QED) is 0.873. The highest BCUT2D eigenvalue weighted by Crippen LogP contribution is 2.23. The molecule has 2 N–H and O–H groups in total. The van der Waals surface area contributed by atoms with Gasteiger partial charge in [-0.05, 0) is 24.5 Å². The van der Waals surface area contributed by atoms with Crippen molar-refractivity contribution in [1.29, 1.82) is 0 Å². The van der Waals surface area contributed by atoms with E-state index in [1.54, 1.807) is 12.3 Å². The number of aromatic nitrogens is 1.